The van der Waals surface area contributed by atoms with Crippen LogP contribution in [-0.4, -0.2) is 18.5 Å². The van der Waals surface area contributed by atoms with E-state index in [1.54, 1.807) is 0 Å². The van der Waals surface area contributed by atoms with Crippen LogP contribution in [0.5, 0.6) is 0 Å². The van der Waals surface area contributed by atoms with Crippen molar-refractivity contribution in [2.24, 2.45) is 11.7 Å². The molecular formula is C17H26N2O. The van der Waals surface area contributed by atoms with Gasteiger partial charge < -0.3 is 11.1 Å². The third-order valence-corrected chi connectivity index (χ3v) is 4.41. The van der Waals surface area contributed by atoms with Gasteiger partial charge in [0.2, 0.25) is 0 Å². The van der Waals surface area contributed by atoms with Crippen LogP contribution in [0.2, 0.25) is 0 Å². The summed E-state index contributed by atoms with van der Waals surface area (Å²) in [5.74, 6) is 0.919. The first-order valence-corrected chi connectivity index (χ1v) is 7.82. The van der Waals surface area contributed by atoms with E-state index >= 15 is 0 Å². The second-order valence-electron chi connectivity index (χ2n) is 5.83. The van der Waals surface area contributed by atoms with Crippen molar-refractivity contribution < 1.29 is 4.79 Å². The summed E-state index contributed by atoms with van der Waals surface area (Å²) in [5, 5.41) is 3.17. The van der Waals surface area contributed by atoms with Gasteiger partial charge in [0.15, 0.2) is 0 Å². The molecule has 0 spiro atoms. The molecule has 0 saturated heterocycles. The van der Waals surface area contributed by atoms with Crippen LogP contribution in [0, 0.1) is 5.92 Å². The zero-order chi connectivity index (χ0) is 14.4. The summed E-state index contributed by atoms with van der Waals surface area (Å²) in [4.78, 5) is 12.2. The SMILES string of the molecule is CCC1CCC(NC(=O)c2ccc(CCN)cc2)CC1. The van der Waals surface area contributed by atoms with E-state index in [-0.39, 0.29) is 5.91 Å². The number of nitrogens with two attached hydrogens (primary N) is 1. The number of hydrogen-bond donors (Lipinski definition) is 2. The van der Waals surface area contributed by atoms with Gasteiger partial charge in [-0.15, -0.1) is 0 Å². The number of rotatable bonds is 5. The van der Waals surface area contributed by atoms with Crippen molar-refractivity contribution in [1.82, 2.24) is 5.32 Å². The Morgan fingerprint density at radius 3 is 2.40 bits per heavy atom. The van der Waals surface area contributed by atoms with Crippen LogP contribution in [-0.2, 0) is 6.42 Å². The fraction of sp³-hybridized carbons (Fsp3) is 0.588. The van der Waals surface area contributed by atoms with Crippen LogP contribution in [0.3, 0.4) is 0 Å². The standard InChI is InChI=1S/C17H26N2O/c1-2-13-5-9-16(10-6-13)19-17(20)15-7-3-14(4-8-15)11-12-18/h3-4,7-8,13,16H,2,5-6,9-12,18H2,1H3,(H,19,20). The molecule has 0 heterocycles. The third-order valence-electron chi connectivity index (χ3n) is 4.41. The normalized spacial score (nSPS) is 22.5. The number of hydrogen-bond acceptors (Lipinski definition) is 2. The Balaban J connectivity index is 1.85. The molecule has 1 aliphatic rings. The lowest BCUT2D eigenvalue weighted by Gasteiger charge is -2.28. The van der Waals surface area contributed by atoms with E-state index in [4.69, 9.17) is 5.73 Å². The monoisotopic (exact) mass is 274 g/mol. The molecule has 0 atom stereocenters. The lowest BCUT2D eigenvalue weighted by molar-refractivity contribution is 0.0921. The van der Waals surface area contributed by atoms with Crippen LogP contribution in [0.4, 0.5) is 0 Å². The van der Waals surface area contributed by atoms with Gasteiger partial charge in [0.25, 0.3) is 5.91 Å². The minimum Gasteiger partial charge on any atom is -0.349 e. The molecule has 1 saturated carbocycles. The topological polar surface area (TPSA) is 55.1 Å². The maximum absolute atomic E-state index is 12.2. The number of amides is 1. The Labute approximate surface area is 121 Å². The molecule has 0 radical (unpaired) electrons. The Morgan fingerprint density at radius 2 is 1.85 bits per heavy atom. The lowest BCUT2D eigenvalue weighted by Crippen LogP contribution is -2.37. The molecule has 2 rings (SSSR count). The summed E-state index contributed by atoms with van der Waals surface area (Å²) < 4.78 is 0. The summed E-state index contributed by atoms with van der Waals surface area (Å²) in [6, 6.07) is 8.15. The minimum absolute atomic E-state index is 0.0595. The van der Waals surface area contributed by atoms with E-state index in [1.165, 1.54) is 24.8 Å². The molecule has 0 aliphatic heterocycles. The molecule has 1 fully saturated rings. The van der Waals surface area contributed by atoms with Crippen molar-refractivity contribution >= 4 is 5.91 Å². The molecular weight excluding hydrogens is 248 g/mol. The van der Waals surface area contributed by atoms with Gasteiger partial charge in [0.05, 0.1) is 0 Å². The molecule has 1 aromatic rings. The fourth-order valence-corrected chi connectivity index (χ4v) is 2.97. The number of carbonyl (C=O) groups excluding carboxylic acids is 1. The van der Waals surface area contributed by atoms with Gasteiger partial charge in [0, 0.05) is 11.6 Å². The highest BCUT2D eigenvalue weighted by Crippen LogP contribution is 2.26. The van der Waals surface area contributed by atoms with E-state index in [0.717, 1.165) is 30.7 Å². The minimum atomic E-state index is 0.0595. The molecule has 0 unspecified atom stereocenters. The Bertz CT molecular complexity index is 419. The molecule has 0 aromatic heterocycles. The quantitative estimate of drug-likeness (QED) is 0.867. The summed E-state index contributed by atoms with van der Waals surface area (Å²) >= 11 is 0. The molecule has 1 aliphatic carbocycles. The summed E-state index contributed by atoms with van der Waals surface area (Å²) in [6.07, 6.45) is 6.87. The summed E-state index contributed by atoms with van der Waals surface area (Å²) in [5.41, 5.74) is 7.47. The van der Waals surface area contributed by atoms with Crippen LogP contribution < -0.4 is 11.1 Å². The molecule has 1 amide bonds. The second kappa shape index (κ2) is 7.44. The Hall–Kier alpha value is -1.35. The molecule has 20 heavy (non-hydrogen) atoms. The first-order chi connectivity index (χ1) is 9.72. The molecule has 0 bridgehead atoms. The van der Waals surface area contributed by atoms with Gasteiger partial charge in [-0.2, -0.15) is 0 Å². The smallest absolute Gasteiger partial charge is 0.251 e. The Morgan fingerprint density at radius 1 is 1.20 bits per heavy atom. The average Bonchev–Trinajstić information content (AvgIpc) is 2.49. The second-order valence-corrected chi connectivity index (χ2v) is 5.83. The highest BCUT2D eigenvalue weighted by atomic mass is 16.1. The number of nitrogens with one attached hydrogen (secondary N) is 1. The number of benzene rings is 1. The van der Waals surface area contributed by atoms with Gasteiger partial charge in [-0.05, 0) is 62.3 Å². The van der Waals surface area contributed by atoms with E-state index in [1.807, 2.05) is 24.3 Å². The zero-order valence-electron chi connectivity index (χ0n) is 12.4. The molecule has 110 valence electrons. The van der Waals surface area contributed by atoms with Crippen LogP contribution >= 0.6 is 0 Å². The highest BCUT2D eigenvalue weighted by molar-refractivity contribution is 5.94. The van der Waals surface area contributed by atoms with Crippen molar-refractivity contribution in [2.75, 3.05) is 6.54 Å². The van der Waals surface area contributed by atoms with Gasteiger partial charge >= 0.3 is 0 Å². The van der Waals surface area contributed by atoms with E-state index in [9.17, 15) is 4.79 Å². The third kappa shape index (κ3) is 4.07. The zero-order valence-corrected chi connectivity index (χ0v) is 12.4. The summed E-state index contributed by atoms with van der Waals surface area (Å²) in [7, 11) is 0. The first-order valence-electron chi connectivity index (χ1n) is 7.82. The maximum atomic E-state index is 12.2. The van der Waals surface area contributed by atoms with E-state index < -0.39 is 0 Å². The van der Waals surface area contributed by atoms with Gasteiger partial charge in [-0.1, -0.05) is 25.5 Å². The highest BCUT2D eigenvalue weighted by Gasteiger charge is 2.21. The first kappa shape index (κ1) is 15.0. The van der Waals surface area contributed by atoms with E-state index in [0.29, 0.717) is 12.6 Å². The van der Waals surface area contributed by atoms with Crippen molar-refractivity contribution in [3.05, 3.63) is 35.4 Å². The van der Waals surface area contributed by atoms with Crippen molar-refractivity contribution in [1.29, 1.82) is 0 Å². The lowest BCUT2D eigenvalue weighted by atomic mass is 9.84. The van der Waals surface area contributed by atoms with E-state index in [2.05, 4.69) is 12.2 Å². The van der Waals surface area contributed by atoms with Gasteiger partial charge in [-0.25, -0.2) is 0 Å². The predicted molar refractivity (Wildman–Crippen MR) is 82.7 cm³/mol. The fourth-order valence-electron chi connectivity index (χ4n) is 2.97. The molecule has 3 N–H and O–H groups in total. The van der Waals surface area contributed by atoms with Crippen LogP contribution in [0.25, 0.3) is 0 Å². The van der Waals surface area contributed by atoms with Crippen molar-refractivity contribution in [3.63, 3.8) is 0 Å². The molecule has 1 aromatic carbocycles. The largest absolute Gasteiger partial charge is 0.349 e. The van der Waals surface area contributed by atoms with Crippen LogP contribution in [0.15, 0.2) is 24.3 Å². The van der Waals surface area contributed by atoms with Crippen molar-refractivity contribution in [2.45, 2.75) is 51.5 Å². The Kier molecular flexibility index (Phi) is 5.60. The maximum Gasteiger partial charge on any atom is 0.251 e. The van der Waals surface area contributed by atoms with Gasteiger partial charge in [-0.3, -0.25) is 4.79 Å². The molecule has 3 heteroatoms. The average molecular weight is 274 g/mol. The van der Waals surface area contributed by atoms with Crippen LogP contribution in [0.1, 0.15) is 54.9 Å². The predicted octanol–water partition coefficient (Wildman–Crippen LogP) is 2.89. The molecule has 3 nitrogen and oxygen atoms in total. The van der Waals surface area contributed by atoms with Crippen molar-refractivity contribution in [3.8, 4) is 0 Å². The number of carbonyl (C=O) groups is 1. The van der Waals surface area contributed by atoms with Gasteiger partial charge in [0.1, 0.15) is 0 Å². The summed E-state index contributed by atoms with van der Waals surface area (Å²) in [6.45, 7) is 2.90.